The summed E-state index contributed by atoms with van der Waals surface area (Å²) in [7, 11) is 0. The Morgan fingerprint density at radius 2 is 2.04 bits per heavy atom. The molecule has 1 aromatic rings. The molecular formula is C18H29N3O2. The van der Waals surface area contributed by atoms with Crippen molar-refractivity contribution >= 4 is 5.91 Å². The number of hydrazine groups is 1. The summed E-state index contributed by atoms with van der Waals surface area (Å²) in [6, 6.07) is 8.27. The van der Waals surface area contributed by atoms with E-state index in [1.165, 1.54) is 18.4 Å². The molecule has 0 saturated carbocycles. The molecule has 0 bridgehead atoms. The molecule has 1 aliphatic heterocycles. The Kier molecular flexibility index (Phi) is 7.36. The Hall–Kier alpha value is -1.59. The second-order valence-electron chi connectivity index (χ2n) is 6.22. The fourth-order valence-corrected chi connectivity index (χ4v) is 3.02. The molecule has 1 amide bonds. The van der Waals surface area contributed by atoms with Crippen molar-refractivity contribution < 1.29 is 9.53 Å². The molecule has 128 valence electrons. The van der Waals surface area contributed by atoms with Crippen molar-refractivity contribution in [3.8, 4) is 5.75 Å². The van der Waals surface area contributed by atoms with E-state index in [4.69, 9.17) is 10.6 Å². The summed E-state index contributed by atoms with van der Waals surface area (Å²) in [5.74, 6) is 6.23. The van der Waals surface area contributed by atoms with Gasteiger partial charge in [0.25, 0.3) is 0 Å². The summed E-state index contributed by atoms with van der Waals surface area (Å²) in [6.07, 6.45) is 5.24. The Balaban J connectivity index is 1.85. The van der Waals surface area contributed by atoms with Crippen LogP contribution in [0.5, 0.6) is 5.75 Å². The number of unbranched alkanes of at least 4 members (excludes halogenated alkanes) is 2. The van der Waals surface area contributed by atoms with Crippen molar-refractivity contribution in [2.45, 2.75) is 45.6 Å². The minimum Gasteiger partial charge on any atom is -0.493 e. The fourth-order valence-electron chi connectivity index (χ4n) is 3.02. The molecule has 3 N–H and O–H groups in total. The molecule has 0 radical (unpaired) electrons. The third kappa shape index (κ3) is 5.52. The number of hydrogen-bond acceptors (Lipinski definition) is 4. The zero-order valence-corrected chi connectivity index (χ0v) is 14.1. The Morgan fingerprint density at radius 1 is 1.30 bits per heavy atom. The SMILES string of the molecule is CCCCCOc1ccccc1CN1CCC(C(=O)NN)CC1. The molecule has 5 heteroatoms. The molecule has 0 spiro atoms. The largest absolute Gasteiger partial charge is 0.493 e. The van der Waals surface area contributed by atoms with Gasteiger partial charge in [-0.2, -0.15) is 0 Å². The lowest BCUT2D eigenvalue weighted by Gasteiger charge is -2.31. The number of nitrogens with two attached hydrogens (primary N) is 1. The molecule has 0 aliphatic carbocycles. The first-order valence-electron chi connectivity index (χ1n) is 8.68. The van der Waals surface area contributed by atoms with Gasteiger partial charge in [0.15, 0.2) is 0 Å². The lowest BCUT2D eigenvalue weighted by Crippen LogP contribution is -2.42. The number of nitrogens with zero attached hydrogens (tertiary/aromatic N) is 1. The van der Waals surface area contributed by atoms with Crippen molar-refractivity contribution in [1.29, 1.82) is 0 Å². The van der Waals surface area contributed by atoms with E-state index in [1.807, 2.05) is 6.07 Å². The van der Waals surface area contributed by atoms with Crippen molar-refractivity contribution in [2.75, 3.05) is 19.7 Å². The molecule has 5 nitrogen and oxygen atoms in total. The van der Waals surface area contributed by atoms with E-state index in [-0.39, 0.29) is 11.8 Å². The predicted molar refractivity (Wildman–Crippen MR) is 91.8 cm³/mol. The maximum atomic E-state index is 11.6. The minimum absolute atomic E-state index is 0.0377. The van der Waals surface area contributed by atoms with Crippen LogP contribution >= 0.6 is 0 Å². The number of likely N-dealkylation sites (tertiary alicyclic amines) is 1. The summed E-state index contributed by atoms with van der Waals surface area (Å²) < 4.78 is 5.95. The number of piperidine rings is 1. The van der Waals surface area contributed by atoms with E-state index < -0.39 is 0 Å². The standard InChI is InChI=1S/C18H29N3O2/c1-2-3-6-13-23-17-8-5-4-7-16(17)14-21-11-9-15(10-12-21)18(22)20-19/h4-5,7-8,15H,2-3,6,9-14,19H2,1H3,(H,20,22). The number of ether oxygens (including phenoxy) is 1. The molecule has 0 atom stereocenters. The maximum absolute atomic E-state index is 11.6. The van der Waals surface area contributed by atoms with Gasteiger partial charge in [0.1, 0.15) is 5.75 Å². The number of para-hydroxylation sites is 1. The zero-order chi connectivity index (χ0) is 16.5. The van der Waals surface area contributed by atoms with Crippen LogP contribution in [-0.4, -0.2) is 30.5 Å². The zero-order valence-electron chi connectivity index (χ0n) is 14.1. The highest BCUT2D eigenvalue weighted by molar-refractivity contribution is 5.78. The Labute approximate surface area is 139 Å². The maximum Gasteiger partial charge on any atom is 0.237 e. The molecule has 2 rings (SSSR count). The highest BCUT2D eigenvalue weighted by Crippen LogP contribution is 2.24. The number of rotatable bonds is 8. The monoisotopic (exact) mass is 319 g/mol. The van der Waals surface area contributed by atoms with Gasteiger partial charge in [-0.15, -0.1) is 0 Å². The lowest BCUT2D eigenvalue weighted by molar-refractivity contribution is -0.126. The highest BCUT2D eigenvalue weighted by Gasteiger charge is 2.24. The third-order valence-electron chi connectivity index (χ3n) is 4.47. The van der Waals surface area contributed by atoms with Gasteiger partial charge in [0.05, 0.1) is 6.61 Å². The molecule has 23 heavy (non-hydrogen) atoms. The topological polar surface area (TPSA) is 67.6 Å². The number of hydrogen-bond donors (Lipinski definition) is 2. The molecular weight excluding hydrogens is 290 g/mol. The van der Waals surface area contributed by atoms with Gasteiger partial charge in [-0.05, 0) is 38.4 Å². The molecule has 1 heterocycles. The molecule has 1 fully saturated rings. The minimum atomic E-state index is -0.0377. The van der Waals surface area contributed by atoms with Crippen LogP contribution in [0.4, 0.5) is 0 Å². The molecule has 1 aliphatic rings. The average molecular weight is 319 g/mol. The Bertz CT molecular complexity index is 485. The van der Waals surface area contributed by atoms with Gasteiger partial charge in [-0.25, -0.2) is 5.84 Å². The van der Waals surface area contributed by atoms with Gasteiger partial charge in [-0.3, -0.25) is 15.1 Å². The summed E-state index contributed by atoms with van der Waals surface area (Å²) in [6.45, 7) is 5.69. The predicted octanol–water partition coefficient (Wildman–Crippen LogP) is 2.46. The first-order valence-corrected chi connectivity index (χ1v) is 8.68. The van der Waals surface area contributed by atoms with Crippen LogP contribution in [0.1, 0.15) is 44.6 Å². The van der Waals surface area contributed by atoms with Crippen LogP contribution in [-0.2, 0) is 11.3 Å². The fraction of sp³-hybridized carbons (Fsp3) is 0.611. The van der Waals surface area contributed by atoms with Crippen molar-refractivity contribution in [3.63, 3.8) is 0 Å². The van der Waals surface area contributed by atoms with E-state index in [0.717, 1.165) is 51.3 Å². The van der Waals surface area contributed by atoms with E-state index in [0.29, 0.717) is 0 Å². The number of nitrogens with one attached hydrogen (secondary N) is 1. The number of amides is 1. The van der Waals surface area contributed by atoms with Crippen molar-refractivity contribution in [1.82, 2.24) is 10.3 Å². The molecule has 1 saturated heterocycles. The average Bonchev–Trinajstić information content (AvgIpc) is 2.60. The first kappa shape index (κ1) is 17.8. The van der Waals surface area contributed by atoms with Gasteiger partial charge >= 0.3 is 0 Å². The lowest BCUT2D eigenvalue weighted by atomic mass is 9.96. The van der Waals surface area contributed by atoms with Crippen LogP contribution in [0, 0.1) is 5.92 Å². The smallest absolute Gasteiger partial charge is 0.237 e. The summed E-state index contributed by atoms with van der Waals surface area (Å²) in [5, 5.41) is 0. The quantitative estimate of drug-likeness (QED) is 0.334. The highest BCUT2D eigenvalue weighted by atomic mass is 16.5. The van der Waals surface area contributed by atoms with E-state index in [1.54, 1.807) is 0 Å². The van der Waals surface area contributed by atoms with E-state index >= 15 is 0 Å². The summed E-state index contributed by atoms with van der Waals surface area (Å²) in [4.78, 5) is 14.0. The summed E-state index contributed by atoms with van der Waals surface area (Å²) in [5.41, 5.74) is 3.49. The van der Waals surface area contributed by atoms with Crippen LogP contribution in [0.2, 0.25) is 0 Å². The molecule has 0 aromatic heterocycles. The first-order chi connectivity index (χ1) is 11.2. The number of carbonyl (C=O) groups excluding carboxylic acids is 1. The van der Waals surface area contributed by atoms with E-state index in [9.17, 15) is 4.79 Å². The van der Waals surface area contributed by atoms with Crippen molar-refractivity contribution in [3.05, 3.63) is 29.8 Å². The second kappa shape index (κ2) is 9.53. The van der Waals surface area contributed by atoms with Crippen LogP contribution in [0.15, 0.2) is 24.3 Å². The van der Waals surface area contributed by atoms with Gasteiger partial charge in [-0.1, -0.05) is 38.0 Å². The third-order valence-corrected chi connectivity index (χ3v) is 4.47. The number of benzene rings is 1. The summed E-state index contributed by atoms with van der Waals surface area (Å²) >= 11 is 0. The second-order valence-corrected chi connectivity index (χ2v) is 6.22. The van der Waals surface area contributed by atoms with Gasteiger partial charge < -0.3 is 4.74 Å². The van der Waals surface area contributed by atoms with E-state index in [2.05, 4.69) is 35.4 Å². The molecule has 0 unspecified atom stereocenters. The van der Waals surface area contributed by atoms with Crippen LogP contribution in [0.3, 0.4) is 0 Å². The number of carbonyl (C=O) groups is 1. The van der Waals surface area contributed by atoms with Crippen LogP contribution < -0.4 is 16.0 Å². The van der Waals surface area contributed by atoms with Crippen LogP contribution in [0.25, 0.3) is 0 Å². The van der Waals surface area contributed by atoms with Gasteiger partial charge in [0.2, 0.25) is 5.91 Å². The van der Waals surface area contributed by atoms with Crippen molar-refractivity contribution in [2.24, 2.45) is 11.8 Å². The molecule has 1 aromatic carbocycles. The van der Waals surface area contributed by atoms with Gasteiger partial charge in [0, 0.05) is 18.0 Å². The Morgan fingerprint density at radius 3 is 2.74 bits per heavy atom. The normalized spacial score (nSPS) is 16.3.